The summed E-state index contributed by atoms with van der Waals surface area (Å²) in [5, 5.41) is 2.93. The van der Waals surface area contributed by atoms with E-state index in [0.717, 1.165) is 35.5 Å². The van der Waals surface area contributed by atoms with Crippen molar-refractivity contribution in [2.75, 3.05) is 0 Å². The van der Waals surface area contributed by atoms with Gasteiger partial charge in [-0.05, 0) is 252 Å². The molecular weight excluding hydrogens is 1040 g/mol. The van der Waals surface area contributed by atoms with Crippen LogP contribution in [0, 0.1) is 52.3 Å². The van der Waals surface area contributed by atoms with E-state index in [0.29, 0.717) is 11.3 Å². The third-order valence-electron chi connectivity index (χ3n) is 29.3. The molecule has 428 valence electrons. The minimum absolute atomic E-state index is 0.0374. The van der Waals surface area contributed by atoms with Crippen molar-refractivity contribution >= 4 is 79.0 Å². The summed E-state index contributed by atoms with van der Waals surface area (Å²) in [4.78, 5) is 12.1. The molecular formula is C80H82B2N4. The predicted molar refractivity (Wildman–Crippen MR) is 357 cm³/mol. The molecule has 6 atom stereocenters. The zero-order valence-electron chi connectivity index (χ0n) is 52.9. The molecule has 9 aliphatic carbocycles. The maximum Gasteiger partial charge on any atom is 0.248 e. The number of para-hydroxylation sites is 1. The fourth-order valence-electron chi connectivity index (χ4n) is 25.4. The quantitative estimate of drug-likeness (QED) is 0.161. The van der Waals surface area contributed by atoms with E-state index in [1.54, 1.807) is 27.6 Å². The lowest BCUT2D eigenvalue weighted by atomic mass is 9.32. The fourth-order valence-corrected chi connectivity index (χ4v) is 25.4. The van der Waals surface area contributed by atoms with E-state index in [1.165, 1.54) is 183 Å². The molecule has 0 N–H and O–H groups in total. The molecule has 8 saturated carbocycles. The summed E-state index contributed by atoms with van der Waals surface area (Å²) in [6.45, 7) is 27.8. The van der Waals surface area contributed by atoms with Crippen LogP contribution in [0.5, 0.6) is 0 Å². The number of aromatic nitrogens is 4. The average Bonchev–Trinajstić information content (AvgIpc) is 1.49. The van der Waals surface area contributed by atoms with Crippen LogP contribution in [0.3, 0.4) is 0 Å². The van der Waals surface area contributed by atoms with Crippen molar-refractivity contribution in [3.63, 3.8) is 0 Å². The summed E-state index contributed by atoms with van der Waals surface area (Å²) in [5.74, 6) is 8.31. The Bertz CT molecular complexity index is 4670. The van der Waals surface area contributed by atoms with E-state index < -0.39 is 0 Å². The minimum Gasteiger partial charge on any atom is -0.297 e. The van der Waals surface area contributed by atoms with Crippen molar-refractivity contribution in [1.82, 2.24) is 19.1 Å². The van der Waals surface area contributed by atoms with Gasteiger partial charge in [0.2, 0.25) is 13.4 Å². The molecule has 0 amide bonds. The molecule has 6 heterocycles. The lowest BCUT2D eigenvalue weighted by Crippen LogP contribution is -2.59. The van der Waals surface area contributed by atoms with Crippen molar-refractivity contribution in [2.45, 2.75) is 186 Å². The largest absolute Gasteiger partial charge is 0.297 e. The smallest absolute Gasteiger partial charge is 0.248 e. The van der Waals surface area contributed by atoms with Gasteiger partial charge in [0, 0.05) is 22.2 Å². The normalized spacial score (nSPS) is 31.7. The molecule has 2 aromatic heterocycles. The lowest BCUT2D eigenvalue weighted by Gasteiger charge is -2.58. The fraction of sp³-hybridized carbons (Fsp3) is 0.475. The van der Waals surface area contributed by atoms with E-state index in [1.807, 2.05) is 0 Å². The minimum atomic E-state index is -0.128. The maximum atomic E-state index is 6.22. The van der Waals surface area contributed by atoms with Gasteiger partial charge in [0.05, 0.1) is 22.1 Å². The molecule has 13 aliphatic rings. The second kappa shape index (κ2) is 14.9. The molecule has 0 radical (unpaired) electrons. The van der Waals surface area contributed by atoms with Crippen LogP contribution in [-0.4, -0.2) is 32.5 Å². The Kier molecular flexibility index (Phi) is 8.66. The summed E-state index contributed by atoms with van der Waals surface area (Å²) in [6, 6.07) is 45.0. The summed E-state index contributed by atoms with van der Waals surface area (Å²) in [7, 11) is 0. The number of benzene rings is 7. The third kappa shape index (κ3) is 5.48. The van der Waals surface area contributed by atoms with E-state index >= 15 is 0 Å². The average molecular weight is 1120 g/mol. The highest BCUT2D eigenvalue weighted by Gasteiger charge is 2.75. The van der Waals surface area contributed by atoms with Crippen molar-refractivity contribution in [2.24, 2.45) is 52.3 Å². The van der Waals surface area contributed by atoms with Crippen LogP contribution < -0.4 is 32.8 Å². The molecule has 4 aliphatic heterocycles. The van der Waals surface area contributed by atoms with Gasteiger partial charge < -0.3 is 0 Å². The van der Waals surface area contributed by atoms with Gasteiger partial charge in [-0.15, -0.1) is 0 Å². The van der Waals surface area contributed by atoms with Gasteiger partial charge in [0.15, 0.2) is 0 Å². The van der Waals surface area contributed by atoms with Gasteiger partial charge in [-0.3, -0.25) is 9.13 Å². The zero-order valence-corrected chi connectivity index (χ0v) is 52.9. The molecule has 9 aromatic rings. The number of fused-ring (bicyclic) bond motifs is 12. The van der Waals surface area contributed by atoms with Crippen LogP contribution >= 0.6 is 0 Å². The number of nitrogens with zero attached hydrogens (tertiary/aromatic N) is 4. The molecule has 4 nitrogen and oxygen atoms in total. The molecule has 6 heteroatoms. The van der Waals surface area contributed by atoms with Gasteiger partial charge in [-0.1, -0.05) is 172 Å². The lowest BCUT2D eigenvalue weighted by molar-refractivity contribution is -0.0897. The second-order valence-corrected chi connectivity index (χ2v) is 35.1. The van der Waals surface area contributed by atoms with Crippen molar-refractivity contribution in [3.05, 3.63) is 143 Å². The van der Waals surface area contributed by atoms with Gasteiger partial charge in [-0.25, -0.2) is 9.97 Å². The first-order valence-corrected chi connectivity index (χ1v) is 34.2. The molecule has 7 bridgehead atoms. The summed E-state index contributed by atoms with van der Waals surface area (Å²) in [6.07, 6.45) is 16.4. The summed E-state index contributed by atoms with van der Waals surface area (Å²) >= 11 is 0. The molecule has 22 rings (SSSR count). The number of rotatable bonds is 5. The van der Waals surface area contributed by atoms with Crippen molar-refractivity contribution in [3.8, 4) is 33.6 Å². The van der Waals surface area contributed by atoms with Crippen LogP contribution in [0.25, 0.3) is 66.5 Å². The first-order chi connectivity index (χ1) is 41.1. The molecule has 8 fully saturated rings. The Balaban J connectivity index is 0.693. The summed E-state index contributed by atoms with van der Waals surface area (Å²) in [5.41, 5.74) is 30.0. The Morgan fingerprint density at radius 3 is 1.90 bits per heavy atom. The zero-order chi connectivity index (χ0) is 57.8. The first kappa shape index (κ1) is 49.8. The highest BCUT2D eigenvalue weighted by Crippen LogP contribution is 2.82. The van der Waals surface area contributed by atoms with Crippen LogP contribution in [0.1, 0.15) is 187 Å². The Hall–Kier alpha value is -6.13. The molecule has 1 spiro atoms. The second-order valence-electron chi connectivity index (χ2n) is 35.1. The molecule has 86 heavy (non-hydrogen) atoms. The van der Waals surface area contributed by atoms with E-state index in [4.69, 9.17) is 9.97 Å². The Morgan fingerprint density at radius 2 is 1.16 bits per heavy atom. The van der Waals surface area contributed by atoms with Gasteiger partial charge in [0.25, 0.3) is 0 Å². The highest BCUT2D eigenvalue weighted by atomic mass is 15.1. The predicted octanol–water partition coefficient (Wildman–Crippen LogP) is 14.6. The van der Waals surface area contributed by atoms with Crippen LogP contribution in [-0.2, 0) is 32.5 Å². The van der Waals surface area contributed by atoms with Gasteiger partial charge >= 0.3 is 0 Å². The molecule has 6 unspecified atom stereocenters. The molecule has 0 saturated heterocycles. The first-order valence-electron chi connectivity index (χ1n) is 34.2. The molecule has 7 aromatic carbocycles. The Morgan fingerprint density at radius 1 is 0.523 bits per heavy atom. The highest BCUT2D eigenvalue weighted by molar-refractivity contribution is 7.01. The number of hydrogen-bond acceptors (Lipinski definition) is 2. The third-order valence-corrected chi connectivity index (χ3v) is 29.3. The summed E-state index contributed by atoms with van der Waals surface area (Å²) < 4.78 is 5.52. The maximum absolute atomic E-state index is 6.22. The van der Waals surface area contributed by atoms with Crippen LogP contribution in [0.2, 0.25) is 0 Å². The number of hydrogen-bond donors (Lipinski definition) is 0. The topological polar surface area (TPSA) is 35.6 Å². The van der Waals surface area contributed by atoms with Crippen molar-refractivity contribution < 1.29 is 0 Å². The van der Waals surface area contributed by atoms with Gasteiger partial charge in [0.1, 0.15) is 11.6 Å². The standard InChI is InChI=1S/C80H82B2N4/c1-73(2,3)53-25-24-47-48-16-13-23-65-67(48)81(58-19-12-18-50(53)66(47)58)61-30-46(31-63-70(61)86(65)72(84-63)78-34-42-26-43(35-78)28-44(27-42)36-78)79-37-45-29-54-52(57(40-79)80(54,38-45)41-79)39-74(4,5)71-83-62-21-15-20-59-69(62)85(71)64-22-14-17-49-51-32-55-56(33-60(51)82(59)68(49)64)76(8,9)77(10,11)75(55,6)7/h12-25,30-33,42-45,52,54,57H,26-29,34-41H2,1-11H3. The van der Waals surface area contributed by atoms with E-state index in [2.05, 4.69) is 194 Å². The van der Waals surface area contributed by atoms with E-state index in [9.17, 15) is 0 Å². The monoisotopic (exact) mass is 1120 g/mol. The van der Waals surface area contributed by atoms with Crippen molar-refractivity contribution in [1.29, 1.82) is 0 Å². The number of imidazole rings is 2. The van der Waals surface area contributed by atoms with Crippen LogP contribution in [0.4, 0.5) is 0 Å². The SMILES string of the molecule is CC(C)(C)c1ccc2c3c(cccc13)B1c3c-2cccc3-n2c(C34CC5CC(CC(C5)C3)C4)nc3cc(C45CC6CC7C(CC(C)(C)c8nc9cccc%10c9n8-c8cccc9c8B%10c8cc%10c(cc8-9)C(C)(C)C(C)(C)C%10(C)C)C(C4)C7(C6)C5)cc1c32. The van der Waals surface area contributed by atoms with E-state index in [-0.39, 0.29) is 51.3 Å². The van der Waals surface area contributed by atoms with Gasteiger partial charge in [-0.2, -0.15) is 0 Å². The van der Waals surface area contributed by atoms with Crippen LogP contribution in [0.15, 0.2) is 109 Å². The Labute approximate surface area is 509 Å².